The van der Waals surface area contributed by atoms with Crippen LogP contribution in [0.5, 0.6) is 0 Å². The Morgan fingerprint density at radius 2 is 1.80 bits per heavy atom. The number of rotatable bonds is 3. The number of hydrogen-bond acceptors (Lipinski definition) is 1. The van der Waals surface area contributed by atoms with Gasteiger partial charge in [-0.1, -0.05) is 62.2 Å². The smallest absolute Gasteiger partial charge is 0.110 e. The standard InChI is InChI=1S/C16H12Br2N2/c17-12-6-7-14(18)13(9-12)15-10-19-16(20-15)8-11-4-2-1-3-5-11/h1-7,9-10H,8H2,(H,19,20). The van der Waals surface area contributed by atoms with E-state index < -0.39 is 0 Å². The Kier molecular flexibility index (Phi) is 4.03. The van der Waals surface area contributed by atoms with Crippen molar-refractivity contribution in [1.82, 2.24) is 9.97 Å². The van der Waals surface area contributed by atoms with Crippen molar-refractivity contribution < 1.29 is 0 Å². The molecule has 0 fully saturated rings. The van der Waals surface area contributed by atoms with Crippen LogP contribution < -0.4 is 0 Å². The van der Waals surface area contributed by atoms with Crippen molar-refractivity contribution in [2.45, 2.75) is 6.42 Å². The number of benzene rings is 2. The lowest BCUT2D eigenvalue weighted by atomic mass is 10.1. The third-order valence-electron chi connectivity index (χ3n) is 3.06. The summed E-state index contributed by atoms with van der Waals surface area (Å²) < 4.78 is 2.10. The minimum absolute atomic E-state index is 0.812. The van der Waals surface area contributed by atoms with E-state index in [0.717, 1.165) is 32.4 Å². The monoisotopic (exact) mass is 390 g/mol. The predicted octanol–water partition coefficient (Wildman–Crippen LogP) is 5.19. The van der Waals surface area contributed by atoms with Crippen molar-refractivity contribution in [3.63, 3.8) is 0 Å². The number of aromatic nitrogens is 2. The zero-order valence-electron chi connectivity index (χ0n) is 10.6. The van der Waals surface area contributed by atoms with Gasteiger partial charge in [0.05, 0.1) is 11.9 Å². The van der Waals surface area contributed by atoms with E-state index in [1.54, 1.807) is 0 Å². The first-order valence-corrected chi connectivity index (χ1v) is 7.84. The molecule has 0 aliphatic carbocycles. The molecule has 1 heterocycles. The second kappa shape index (κ2) is 5.94. The van der Waals surface area contributed by atoms with Crippen LogP contribution in [-0.4, -0.2) is 9.97 Å². The fourth-order valence-electron chi connectivity index (χ4n) is 2.08. The minimum atomic E-state index is 0.812. The number of nitrogens with one attached hydrogen (secondary N) is 1. The number of aromatic amines is 1. The fraction of sp³-hybridized carbons (Fsp3) is 0.0625. The first-order chi connectivity index (χ1) is 9.72. The van der Waals surface area contributed by atoms with E-state index in [9.17, 15) is 0 Å². The van der Waals surface area contributed by atoms with Gasteiger partial charge in [0.15, 0.2) is 0 Å². The zero-order valence-corrected chi connectivity index (χ0v) is 13.8. The van der Waals surface area contributed by atoms with Crippen molar-refractivity contribution >= 4 is 31.9 Å². The number of halogens is 2. The molecule has 0 saturated heterocycles. The zero-order chi connectivity index (χ0) is 13.9. The first kappa shape index (κ1) is 13.6. The van der Waals surface area contributed by atoms with E-state index in [1.165, 1.54) is 5.56 Å². The molecule has 20 heavy (non-hydrogen) atoms. The van der Waals surface area contributed by atoms with Gasteiger partial charge in [0, 0.05) is 20.9 Å². The third-order valence-corrected chi connectivity index (χ3v) is 4.25. The maximum absolute atomic E-state index is 4.47. The quantitative estimate of drug-likeness (QED) is 0.653. The predicted molar refractivity (Wildman–Crippen MR) is 88.7 cm³/mol. The SMILES string of the molecule is Brc1ccc(Br)c(-c2cnc(Cc3ccccc3)[nH]2)c1. The summed E-state index contributed by atoms with van der Waals surface area (Å²) in [5, 5.41) is 0. The maximum atomic E-state index is 4.47. The molecule has 4 heteroatoms. The summed E-state index contributed by atoms with van der Waals surface area (Å²) in [5.74, 6) is 0.970. The topological polar surface area (TPSA) is 28.7 Å². The molecule has 0 atom stereocenters. The summed E-state index contributed by atoms with van der Waals surface area (Å²) in [7, 11) is 0. The lowest BCUT2D eigenvalue weighted by Gasteiger charge is -2.02. The molecule has 0 spiro atoms. The van der Waals surface area contributed by atoms with Crippen LogP contribution in [0, 0.1) is 0 Å². The van der Waals surface area contributed by atoms with Gasteiger partial charge in [-0.2, -0.15) is 0 Å². The molecule has 0 aliphatic rings. The molecule has 2 aromatic carbocycles. The van der Waals surface area contributed by atoms with Crippen LogP contribution in [0.3, 0.4) is 0 Å². The van der Waals surface area contributed by atoms with Gasteiger partial charge >= 0.3 is 0 Å². The molecule has 3 aromatic rings. The van der Waals surface area contributed by atoms with Gasteiger partial charge in [0.2, 0.25) is 0 Å². The summed E-state index contributed by atoms with van der Waals surface area (Å²) in [4.78, 5) is 7.85. The lowest BCUT2D eigenvalue weighted by Crippen LogP contribution is -1.90. The van der Waals surface area contributed by atoms with Crippen LogP contribution in [0.2, 0.25) is 0 Å². The van der Waals surface area contributed by atoms with Crippen LogP contribution in [0.25, 0.3) is 11.3 Å². The Bertz CT molecular complexity index is 720. The summed E-state index contributed by atoms with van der Waals surface area (Å²) in [6.45, 7) is 0. The highest BCUT2D eigenvalue weighted by Gasteiger charge is 2.08. The van der Waals surface area contributed by atoms with E-state index >= 15 is 0 Å². The lowest BCUT2D eigenvalue weighted by molar-refractivity contribution is 1.03. The summed E-state index contributed by atoms with van der Waals surface area (Å²) in [6, 6.07) is 16.4. The van der Waals surface area contributed by atoms with E-state index in [-0.39, 0.29) is 0 Å². The van der Waals surface area contributed by atoms with E-state index in [2.05, 4.69) is 60.0 Å². The second-order valence-corrected chi connectivity index (χ2v) is 6.30. The van der Waals surface area contributed by atoms with Crippen LogP contribution in [-0.2, 0) is 6.42 Å². The summed E-state index contributed by atoms with van der Waals surface area (Å²) >= 11 is 7.07. The molecule has 0 unspecified atom stereocenters. The van der Waals surface area contributed by atoms with Gasteiger partial charge in [-0.3, -0.25) is 0 Å². The Labute approximate surface area is 134 Å². The van der Waals surface area contributed by atoms with Crippen molar-refractivity contribution in [3.05, 3.63) is 75.1 Å². The Hall–Kier alpha value is -1.39. The highest BCUT2D eigenvalue weighted by atomic mass is 79.9. The minimum Gasteiger partial charge on any atom is -0.342 e. The molecule has 0 bridgehead atoms. The molecule has 1 N–H and O–H groups in total. The molecule has 100 valence electrons. The van der Waals surface area contributed by atoms with Crippen LogP contribution >= 0.6 is 31.9 Å². The van der Waals surface area contributed by atoms with E-state index in [1.807, 2.05) is 36.5 Å². The van der Waals surface area contributed by atoms with Gasteiger partial charge < -0.3 is 4.98 Å². The second-order valence-electron chi connectivity index (χ2n) is 4.53. The Morgan fingerprint density at radius 3 is 2.60 bits per heavy atom. The van der Waals surface area contributed by atoms with Crippen LogP contribution in [0.15, 0.2) is 63.7 Å². The highest BCUT2D eigenvalue weighted by Crippen LogP contribution is 2.30. The maximum Gasteiger partial charge on any atom is 0.110 e. The van der Waals surface area contributed by atoms with E-state index in [0.29, 0.717) is 0 Å². The number of nitrogens with zero attached hydrogens (tertiary/aromatic N) is 1. The van der Waals surface area contributed by atoms with Gasteiger partial charge in [-0.05, 0) is 23.8 Å². The molecule has 0 saturated carbocycles. The van der Waals surface area contributed by atoms with E-state index in [4.69, 9.17) is 0 Å². The average molecular weight is 392 g/mol. The van der Waals surface area contributed by atoms with Gasteiger partial charge in [0.1, 0.15) is 5.82 Å². The summed E-state index contributed by atoms with van der Waals surface area (Å²) in [6.07, 6.45) is 2.69. The summed E-state index contributed by atoms with van der Waals surface area (Å²) in [5.41, 5.74) is 3.37. The average Bonchev–Trinajstić information content (AvgIpc) is 2.91. The van der Waals surface area contributed by atoms with Crippen molar-refractivity contribution in [2.24, 2.45) is 0 Å². The third kappa shape index (κ3) is 3.02. The van der Waals surface area contributed by atoms with Gasteiger partial charge in [0.25, 0.3) is 0 Å². The number of hydrogen-bond donors (Lipinski definition) is 1. The number of imidazole rings is 1. The number of H-pyrrole nitrogens is 1. The van der Waals surface area contributed by atoms with Crippen LogP contribution in [0.4, 0.5) is 0 Å². The molecule has 0 aliphatic heterocycles. The molecule has 0 radical (unpaired) electrons. The normalized spacial score (nSPS) is 10.7. The Balaban J connectivity index is 1.88. The van der Waals surface area contributed by atoms with Gasteiger partial charge in [-0.15, -0.1) is 0 Å². The molecule has 3 rings (SSSR count). The fourth-order valence-corrected chi connectivity index (χ4v) is 2.90. The molecule has 2 nitrogen and oxygen atoms in total. The molecule has 0 amide bonds. The first-order valence-electron chi connectivity index (χ1n) is 6.25. The van der Waals surface area contributed by atoms with Crippen molar-refractivity contribution in [1.29, 1.82) is 0 Å². The highest BCUT2D eigenvalue weighted by molar-refractivity contribution is 9.11. The van der Waals surface area contributed by atoms with Crippen LogP contribution in [0.1, 0.15) is 11.4 Å². The van der Waals surface area contributed by atoms with Crippen molar-refractivity contribution in [2.75, 3.05) is 0 Å². The molecular formula is C16H12Br2N2. The largest absolute Gasteiger partial charge is 0.342 e. The molecular weight excluding hydrogens is 380 g/mol. The Morgan fingerprint density at radius 1 is 1.00 bits per heavy atom. The van der Waals surface area contributed by atoms with Gasteiger partial charge in [-0.25, -0.2) is 4.98 Å². The van der Waals surface area contributed by atoms with Crippen molar-refractivity contribution in [3.8, 4) is 11.3 Å². The molecule has 1 aromatic heterocycles.